The van der Waals surface area contributed by atoms with Crippen LogP contribution in [0.25, 0.3) is 11.4 Å². The molecule has 1 aliphatic rings. The van der Waals surface area contributed by atoms with E-state index in [1.807, 2.05) is 0 Å². The van der Waals surface area contributed by atoms with Crippen molar-refractivity contribution >= 4 is 5.97 Å². The normalized spacial score (nSPS) is 16.4. The van der Waals surface area contributed by atoms with Crippen molar-refractivity contribution in [2.45, 2.75) is 31.3 Å². The zero-order valence-electron chi connectivity index (χ0n) is 11.7. The Kier molecular flexibility index (Phi) is 3.47. The number of methoxy groups -OCH3 is 1. The van der Waals surface area contributed by atoms with Crippen LogP contribution < -0.4 is 0 Å². The van der Waals surface area contributed by atoms with Crippen LogP contribution in [0.5, 0.6) is 0 Å². The van der Waals surface area contributed by atoms with Crippen molar-refractivity contribution in [2.75, 3.05) is 7.11 Å². The molecule has 0 radical (unpaired) electrons. The molecular formula is C15H16N2O4. The van der Waals surface area contributed by atoms with Gasteiger partial charge in [0.05, 0.1) is 17.6 Å². The molecule has 0 spiro atoms. The van der Waals surface area contributed by atoms with Crippen molar-refractivity contribution in [2.24, 2.45) is 0 Å². The third-order valence-corrected chi connectivity index (χ3v) is 4.03. The van der Waals surface area contributed by atoms with Gasteiger partial charge in [0, 0.05) is 12.7 Å². The predicted octanol–water partition coefficient (Wildman–Crippen LogP) is 2.55. The van der Waals surface area contributed by atoms with E-state index in [1.165, 1.54) is 12.1 Å². The van der Waals surface area contributed by atoms with Crippen LogP contribution in [0.2, 0.25) is 0 Å². The third-order valence-electron chi connectivity index (χ3n) is 4.03. The Morgan fingerprint density at radius 2 is 2.10 bits per heavy atom. The molecule has 0 amide bonds. The van der Waals surface area contributed by atoms with Gasteiger partial charge in [-0.15, -0.1) is 0 Å². The zero-order chi connectivity index (χ0) is 14.9. The maximum absolute atomic E-state index is 10.8. The molecule has 1 aromatic heterocycles. The average Bonchev–Trinajstić information content (AvgIpc) is 2.91. The first kappa shape index (κ1) is 13.8. The molecule has 1 fully saturated rings. The number of carboxylic acid groups (broad SMARTS) is 1. The molecule has 1 saturated carbocycles. The highest BCUT2D eigenvalue weighted by Gasteiger charge is 2.38. The fourth-order valence-corrected chi connectivity index (χ4v) is 2.51. The number of carbonyl (C=O) groups is 1. The van der Waals surface area contributed by atoms with Gasteiger partial charge in [0.1, 0.15) is 0 Å². The largest absolute Gasteiger partial charge is 0.478 e. The van der Waals surface area contributed by atoms with E-state index in [-0.39, 0.29) is 11.2 Å². The molecule has 1 N–H and O–H groups in total. The lowest BCUT2D eigenvalue weighted by Crippen LogP contribution is -2.41. The molecule has 1 heterocycles. The molecule has 6 heteroatoms. The van der Waals surface area contributed by atoms with E-state index in [2.05, 4.69) is 10.1 Å². The Morgan fingerprint density at radius 3 is 2.62 bits per heavy atom. The lowest BCUT2D eigenvalue weighted by Gasteiger charge is -2.39. The van der Waals surface area contributed by atoms with Crippen molar-refractivity contribution in [3.05, 3.63) is 35.7 Å². The highest BCUT2D eigenvalue weighted by molar-refractivity contribution is 5.88. The van der Waals surface area contributed by atoms with Gasteiger partial charge in [0.15, 0.2) is 0 Å². The fourth-order valence-electron chi connectivity index (χ4n) is 2.51. The molecule has 21 heavy (non-hydrogen) atoms. The van der Waals surface area contributed by atoms with Crippen molar-refractivity contribution in [1.29, 1.82) is 0 Å². The maximum atomic E-state index is 10.8. The van der Waals surface area contributed by atoms with E-state index in [9.17, 15) is 4.79 Å². The number of ether oxygens (including phenoxy) is 1. The minimum atomic E-state index is -0.956. The summed E-state index contributed by atoms with van der Waals surface area (Å²) in [6.45, 7) is 0. The summed E-state index contributed by atoms with van der Waals surface area (Å²) in [4.78, 5) is 15.2. The first-order chi connectivity index (χ1) is 10.1. The molecular weight excluding hydrogens is 272 g/mol. The monoisotopic (exact) mass is 288 g/mol. The van der Waals surface area contributed by atoms with Gasteiger partial charge in [0.2, 0.25) is 11.7 Å². The van der Waals surface area contributed by atoms with Crippen molar-refractivity contribution < 1.29 is 19.2 Å². The van der Waals surface area contributed by atoms with Crippen LogP contribution in [0.4, 0.5) is 0 Å². The Bertz CT molecular complexity index is 638. The van der Waals surface area contributed by atoms with Gasteiger partial charge in [-0.1, -0.05) is 17.3 Å². The van der Waals surface area contributed by atoms with Crippen LogP contribution in [0.15, 0.2) is 28.8 Å². The van der Waals surface area contributed by atoms with Crippen molar-refractivity contribution in [3.8, 4) is 11.4 Å². The number of aromatic carboxylic acids is 1. The molecule has 1 aliphatic carbocycles. The van der Waals surface area contributed by atoms with E-state index in [0.29, 0.717) is 18.1 Å². The number of aromatic nitrogens is 2. The van der Waals surface area contributed by atoms with Gasteiger partial charge < -0.3 is 14.4 Å². The predicted molar refractivity (Wildman–Crippen MR) is 74.0 cm³/mol. The van der Waals surface area contributed by atoms with Crippen LogP contribution in [0.1, 0.15) is 35.5 Å². The number of hydrogen-bond acceptors (Lipinski definition) is 5. The zero-order valence-corrected chi connectivity index (χ0v) is 11.7. The molecule has 3 rings (SSSR count). The number of carboxylic acids is 1. The SMILES string of the molecule is COC1(Cc2nc(-c3ccc(C(=O)O)cc3)no2)CCC1. The molecule has 1 aromatic carbocycles. The summed E-state index contributed by atoms with van der Waals surface area (Å²) in [5, 5.41) is 12.8. The summed E-state index contributed by atoms with van der Waals surface area (Å²) in [6, 6.07) is 6.40. The first-order valence-electron chi connectivity index (χ1n) is 6.83. The van der Waals surface area contributed by atoms with Crippen LogP contribution in [-0.4, -0.2) is 33.9 Å². The lowest BCUT2D eigenvalue weighted by molar-refractivity contribution is -0.0751. The number of nitrogens with zero attached hydrogens (tertiary/aromatic N) is 2. The molecule has 0 unspecified atom stereocenters. The number of hydrogen-bond donors (Lipinski definition) is 1. The van der Waals surface area contributed by atoms with E-state index >= 15 is 0 Å². The Morgan fingerprint density at radius 1 is 1.38 bits per heavy atom. The van der Waals surface area contributed by atoms with Crippen LogP contribution in [0.3, 0.4) is 0 Å². The standard InChI is InChI=1S/C15H16N2O4/c1-20-15(7-2-8-15)9-12-16-13(17-21-12)10-3-5-11(6-4-10)14(18)19/h3-6H,2,7-9H2,1H3,(H,18,19). The van der Waals surface area contributed by atoms with Crippen LogP contribution >= 0.6 is 0 Å². The molecule has 0 saturated heterocycles. The molecule has 0 atom stereocenters. The van der Waals surface area contributed by atoms with Crippen LogP contribution in [0, 0.1) is 0 Å². The van der Waals surface area contributed by atoms with Gasteiger partial charge >= 0.3 is 5.97 Å². The van der Waals surface area contributed by atoms with E-state index in [1.54, 1.807) is 19.2 Å². The average molecular weight is 288 g/mol. The summed E-state index contributed by atoms with van der Waals surface area (Å²) in [5.74, 6) is 0.0590. The second kappa shape index (κ2) is 5.29. The lowest BCUT2D eigenvalue weighted by atomic mass is 9.77. The van der Waals surface area contributed by atoms with E-state index in [0.717, 1.165) is 24.8 Å². The smallest absolute Gasteiger partial charge is 0.335 e. The molecule has 2 aromatic rings. The second-order valence-corrected chi connectivity index (χ2v) is 5.31. The second-order valence-electron chi connectivity index (χ2n) is 5.31. The molecule has 110 valence electrons. The first-order valence-corrected chi connectivity index (χ1v) is 6.83. The van der Waals surface area contributed by atoms with Crippen molar-refractivity contribution in [1.82, 2.24) is 10.1 Å². The molecule has 6 nitrogen and oxygen atoms in total. The Labute approximate surface area is 121 Å². The van der Waals surface area contributed by atoms with Crippen molar-refractivity contribution in [3.63, 3.8) is 0 Å². The summed E-state index contributed by atoms with van der Waals surface area (Å²) in [6.07, 6.45) is 3.79. The maximum Gasteiger partial charge on any atom is 0.335 e. The van der Waals surface area contributed by atoms with Gasteiger partial charge in [0.25, 0.3) is 0 Å². The summed E-state index contributed by atoms with van der Waals surface area (Å²) < 4.78 is 10.8. The third kappa shape index (κ3) is 2.67. The fraction of sp³-hybridized carbons (Fsp3) is 0.400. The highest BCUT2D eigenvalue weighted by Crippen LogP contribution is 2.37. The summed E-state index contributed by atoms with van der Waals surface area (Å²) >= 11 is 0. The highest BCUT2D eigenvalue weighted by atomic mass is 16.5. The van der Waals surface area contributed by atoms with E-state index < -0.39 is 5.97 Å². The summed E-state index contributed by atoms with van der Waals surface area (Å²) in [5.41, 5.74) is 0.808. The van der Waals surface area contributed by atoms with Gasteiger partial charge in [-0.25, -0.2) is 4.79 Å². The number of rotatable bonds is 5. The topological polar surface area (TPSA) is 85.5 Å². The minimum absolute atomic E-state index is 0.156. The molecule has 0 aliphatic heterocycles. The van der Waals surface area contributed by atoms with Gasteiger partial charge in [-0.05, 0) is 31.4 Å². The number of benzene rings is 1. The Balaban J connectivity index is 1.76. The molecule has 0 bridgehead atoms. The van der Waals surface area contributed by atoms with Gasteiger partial charge in [-0.3, -0.25) is 0 Å². The van der Waals surface area contributed by atoms with Crippen LogP contribution in [-0.2, 0) is 11.2 Å². The minimum Gasteiger partial charge on any atom is -0.478 e. The van der Waals surface area contributed by atoms with E-state index in [4.69, 9.17) is 14.4 Å². The quantitative estimate of drug-likeness (QED) is 0.910. The Hall–Kier alpha value is -2.21. The van der Waals surface area contributed by atoms with Gasteiger partial charge in [-0.2, -0.15) is 4.98 Å². The summed E-state index contributed by atoms with van der Waals surface area (Å²) in [7, 11) is 1.71.